The molecule has 0 saturated carbocycles. The van der Waals surface area contributed by atoms with Crippen LogP contribution in [-0.2, 0) is 86.1 Å². The highest BCUT2D eigenvalue weighted by Crippen LogP contribution is 2.27. The van der Waals surface area contributed by atoms with Crippen LogP contribution in [0.3, 0.4) is 0 Å². The molecule has 448 valence electrons. The van der Waals surface area contributed by atoms with E-state index in [2.05, 4.69) is 44.7 Å². The number of carbonyl (C=O) groups excluding carboxylic acids is 3. The van der Waals surface area contributed by atoms with Crippen LogP contribution < -0.4 is 11.1 Å². The van der Waals surface area contributed by atoms with Crippen LogP contribution in [0.15, 0.2) is 85.2 Å². The Balaban J connectivity index is 0.000000257. The Kier molecular flexibility index (Phi) is 28.0. The normalized spacial score (nSPS) is 10.6. The van der Waals surface area contributed by atoms with Crippen molar-refractivity contribution >= 4 is 92.8 Å². The molecule has 0 aliphatic heterocycles. The molecule has 0 saturated heterocycles. The van der Waals surface area contributed by atoms with Gasteiger partial charge in [-0.1, -0.05) is 82.8 Å². The number of nitrogens with zero attached hydrogens (tertiary/aromatic N) is 10. The summed E-state index contributed by atoms with van der Waals surface area (Å²) in [6.07, 6.45) is 3.29. The van der Waals surface area contributed by atoms with Gasteiger partial charge in [0.05, 0.1) is 61.9 Å². The Hall–Kier alpha value is -8.19. The van der Waals surface area contributed by atoms with E-state index in [1.807, 2.05) is 0 Å². The van der Waals surface area contributed by atoms with E-state index >= 15 is 0 Å². The molecule has 0 aliphatic carbocycles. The average Bonchev–Trinajstić information content (AvgIpc) is 4.14. The largest absolute Gasteiger partial charge is 0.469 e. The third-order valence-corrected chi connectivity index (χ3v) is 12.7. The lowest BCUT2D eigenvalue weighted by molar-refractivity contribution is -0.385. The Bertz CT molecular complexity index is 3330. The van der Waals surface area contributed by atoms with Crippen LogP contribution in [0.1, 0.15) is 50.9 Å². The molecule has 0 atom stereocenters. The van der Waals surface area contributed by atoms with Crippen molar-refractivity contribution in [2.24, 2.45) is 5.73 Å². The first-order valence-corrected chi connectivity index (χ1v) is 25.9. The summed E-state index contributed by atoms with van der Waals surface area (Å²) in [5.41, 5.74) is 9.24. The summed E-state index contributed by atoms with van der Waals surface area (Å²) in [7, 11) is 9.95. The van der Waals surface area contributed by atoms with Crippen LogP contribution in [0.5, 0.6) is 0 Å². The van der Waals surface area contributed by atoms with Gasteiger partial charge in [-0.05, 0) is 16.7 Å². The predicted molar refractivity (Wildman–Crippen MR) is 305 cm³/mol. The molecule has 7 rings (SSSR count). The summed E-state index contributed by atoms with van der Waals surface area (Å²) in [6.45, 7) is 0.665. The molecule has 3 N–H and O–H groups in total. The first-order valence-electron chi connectivity index (χ1n) is 24.3. The number of nitrogens with one attached hydrogen (secondary N) is 1. The topological polar surface area (TPSA) is 365 Å². The number of nitro groups is 3. The number of aromatic nitrogens is 7. The van der Waals surface area contributed by atoms with Crippen molar-refractivity contribution in [1.29, 1.82) is 0 Å². The Morgan fingerprint density at radius 2 is 0.905 bits per heavy atom. The van der Waals surface area contributed by atoms with Crippen molar-refractivity contribution in [2.75, 3.05) is 68.2 Å². The molecule has 32 heteroatoms. The first-order chi connectivity index (χ1) is 40.1. The molecule has 0 bridgehead atoms. The zero-order valence-electron chi connectivity index (χ0n) is 46.0. The van der Waals surface area contributed by atoms with E-state index in [0.29, 0.717) is 71.4 Å². The van der Waals surface area contributed by atoms with Crippen molar-refractivity contribution in [2.45, 2.75) is 51.1 Å². The maximum Gasteiger partial charge on any atom is 0.310 e. The van der Waals surface area contributed by atoms with Gasteiger partial charge in [0.2, 0.25) is 0 Å². The lowest BCUT2D eigenvalue weighted by Gasteiger charge is -2.17. The van der Waals surface area contributed by atoms with Crippen LogP contribution in [0, 0.1) is 30.3 Å². The summed E-state index contributed by atoms with van der Waals surface area (Å²) >= 11 is 24.6. The molecule has 0 spiro atoms. The van der Waals surface area contributed by atoms with Crippen molar-refractivity contribution in [3.8, 4) is 0 Å². The van der Waals surface area contributed by atoms with Gasteiger partial charge in [0, 0.05) is 120 Å². The lowest BCUT2D eigenvalue weighted by Crippen LogP contribution is -2.25. The molecule has 7 aromatic rings. The van der Waals surface area contributed by atoms with Gasteiger partial charge in [-0.2, -0.15) is 0 Å². The van der Waals surface area contributed by atoms with Gasteiger partial charge in [0.25, 0.3) is 17.1 Å². The van der Waals surface area contributed by atoms with Gasteiger partial charge in [0.15, 0.2) is 12.6 Å². The molecule has 4 heterocycles. The van der Waals surface area contributed by atoms with Crippen LogP contribution >= 0.6 is 46.4 Å². The van der Waals surface area contributed by atoms with E-state index < -0.39 is 39.0 Å². The quantitative estimate of drug-likeness (QED) is 0.0156. The number of nitrogens with two attached hydrogens (primary N) is 1. The number of hydrogen-bond acceptors (Lipinski definition) is 24. The Morgan fingerprint density at radius 1 is 0.536 bits per heavy atom. The minimum atomic E-state index is -0.534. The fourth-order valence-corrected chi connectivity index (χ4v) is 8.11. The standard InChI is InChI=1S/C18H21ClN4O6.C16H13ClN4O4.C14H11Cl2N3O4.C4H11NO2/c1-27-15(24)9-13-17(19)21-14(22-18(13)20-10-16(28-2)29-3)8-11-4-6-12(7-5-11)23(25)26;1-25-14(22)9-12-15(17)19-13(20-7-6-18-16(12)20)8-10-2-4-11(5-3-10)21(23)24;1-23-12(20)7-10-13(15)17-11(18-14(10)16)6-8-2-4-9(5-3-8)19(21)22;1-6-4(3-5)7-2/h4-7,16H,8-10H2,1-3H3,(H,20,21,22);2-7H,8-9H2,1H3;2-5H,6-7H2,1H3;4H,3,5H2,1-2H3. The highest BCUT2D eigenvalue weighted by Gasteiger charge is 2.21. The van der Waals surface area contributed by atoms with Gasteiger partial charge >= 0.3 is 17.9 Å². The number of halogens is 4. The number of esters is 3. The van der Waals surface area contributed by atoms with Gasteiger partial charge < -0.3 is 44.2 Å². The number of anilines is 1. The molecule has 0 unspecified atom stereocenters. The van der Waals surface area contributed by atoms with Crippen molar-refractivity contribution in [3.05, 3.63) is 187 Å². The summed E-state index contributed by atoms with van der Waals surface area (Å²) in [5, 5.41) is 35.6. The van der Waals surface area contributed by atoms with E-state index in [-0.39, 0.29) is 69.8 Å². The van der Waals surface area contributed by atoms with Crippen LogP contribution in [-0.4, -0.2) is 142 Å². The summed E-state index contributed by atoms with van der Waals surface area (Å²) in [4.78, 5) is 90.8. The maximum absolute atomic E-state index is 11.7. The van der Waals surface area contributed by atoms with E-state index in [9.17, 15) is 44.7 Å². The second-order valence-corrected chi connectivity index (χ2v) is 18.3. The number of rotatable bonds is 23. The van der Waals surface area contributed by atoms with Crippen LogP contribution in [0.25, 0.3) is 5.65 Å². The smallest absolute Gasteiger partial charge is 0.310 e. The average molecular weight is 1250 g/mol. The molecule has 0 radical (unpaired) electrons. The Labute approximate surface area is 499 Å². The fourth-order valence-electron chi connectivity index (χ4n) is 7.05. The van der Waals surface area contributed by atoms with Crippen LogP contribution in [0.2, 0.25) is 20.6 Å². The van der Waals surface area contributed by atoms with E-state index in [1.54, 1.807) is 67.4 Å². The van der Waals surface area contributed by atoms with Gasteiger partial charge in [0.1, 0.15) is 49.6 Å². The van der Waals surface area contributed by atoms with Gasteiger partial charge in [-0.3, -0.25) is 49.1 Å². The summed E-state index contributed by atoms with van der Waals surface area (Å²) in [6, 6.07) is 18.3. The maximum atomic E-state index is 11.7. The molecular formula is C52H56Cl4N12O16. The molecule has 4 aromatic heterocycles. The van der Waals surface area contributed by atoms with Crippen molar-refractivity contribution in [3.63, 3.8) is 0 Å². The zero-order chi connectivity index (χ0) is 62.0. The SMILES string of the molecule is COC(=O)Cc1c(Cl)nc(Cc2ccc([N+](=O)[O-])cc2)n2ccnc12.COC(=O)Cc1c(Cl)nc(Cc2ccc([N+](=O)[O-])cc2)nc1Cl.COC(=O)Cc1c(Cl)nc(Cc2ccc([N+](=O)[O-])cc2)nc1NCC(OC)OC.COC(CN)OC. The molecule has 0 fully saturated rings. The van der Waals surface area contributed by atoms with E-state index in [1.165, 1.54) is 71.9 Å². The second kappa shape index (κ2) is 34.4. The van der Waals surface area contributed by atoms with Gasteiger partial charge in [-0.15, -0.1) is 0 Å². The molecule has 0 amide bonds. The fraction of sp³-hybridized carbons (Fsp3) is 0.327. The number of methoxy groups -OCH3 is 7. The molecular weight excluding hydrogens is 1190 g/mol. The predicted octanol–water partition coefficient (Wildman–Crippen LogP) is 7.53. The molecule has 0 aliphatic rings. The van der Waals surface area contributed by atoms with E-state index in [4.69, 9.17) is 75.8 Å². The number of non-ortho nitro benzene ring substituents is 3. The number of ether oxygens (including phenoxy) is 7. The highest BCUT2D eigenvalue weighted by molar-refractivity contribution is 6.34. The molecule has 3 aromatic carbocycles. The minimum absolute atomic E-state index is 0.000779. The lowest BCUT2D eigenvalue weighted by atomic mass is 10.1. The zero-order valence-corrected chi connectivity index (χ0v) is 49.0. The summed E-state index contributed by atoms with van der Waals surface area (Å²) < 4.78 is 35.4. The number of fused-ring (bicyclic) bond motifs is 1. The Morgan fingerprint density at radius 3 is 1.29 bits per heavy atom. The number of imidazole rings is 1. The number of benzene rings is 3. The van der Waals surface area contributed by atoms with Gasteiger partial charge in [-0.25, -0.2) is 29.9 Å². The van der Waals surface area contributed by atoms with Crippen molar-refractivity contribution in [1.82, 2.24) is 34.3 Å². The van der Waals surface area contributed by atoms with E-state index in [0.717, 1.165) is 16.7 Å². The number of hydrogen-bond donors (Lipinski definition) is 2. The monoisotopic (exact) mass is 1240 g/mol. The third kappa shape index (κ3) is 20.9. The number of nitro benzene ring substituents is 3. The van der Waals surface area contributed by atoms with Crippen LogP contribution in [0.4, 0.5) is 22.9 Å². The number of carbonyl (C=O) groups is 3. The molecule has 28 nitrogen and oxygen atoms in total. The van der Waals surface area contributed by atoms with Crippen molar-refractivity contribution < 1.29 is 62.3 Å². The second-order valence-electron chi connectivity index (χ2n) is 16.9. The summed E-state index contributed by atoms with van der Waals surface area (Å²) in [5.74, 6) is 0.272. The third-order valence-electron chi connectivity index (χ3n) is 11.5. The minimum Gasteiger partial charge on any atom is -0.469 e. The molecule has 84 heavy (non-hydrogen) atoms. The first kappa shape index (κ1) is 68.3. The highest BCUT2D eigenvalue weighted by atomic mass is 35.5.